The maximum absolute atomic E-state index is 12.5. The number of halogens is 1. The number of amides is 1. The van der Waals surface area contributed by atoms with E-state index in [1.54, 1.807) is 22.6 Å². The van der Waals surface area contributed by atoms with Crippen molar-refractivity contribution in [2.24, 2.45) is 5.92 Å². The third-order valence-electron chi connectivity index (χ3n) is 4.95. The number of aryl methyl sites for hydroxylation is 1. The van der Waals surface area contributed by atoms with E-state index in [9.17, 15) is 9.59 Å². The van der Waals surface area contributed by atoms with Gasteiger partial charge in [0.25, 0.3) is 5.56 Å². The number of hydrogen-bond acceptors (Lipinski definition) is 6. The molecule has 146 valence electrons. The van der Waals surface area contributed by atoms with Gasteiger partial charge in [0, 0.05) is 35.8 Å². The van der Waals surface area contributed by atoms with Crippen molar-refractivity contribution in [2.75, 3.05) is 18.4 Å². The van der Waals surface area contributed by atoms with Gasteiger partial charge in [0.05, 0.1) is 10.7 Å². The zero-order valence-electron chi connectivity index (χ0n) is 15.4. The SMILES string of the molecule is Cc1csc2nc(CN3CCC(C(=O)Nc4ccc(Cl)cn4)CC3)cc(=O)n12. The number of anilines is 1. The van der Waals surface area contributed by atoms with Crippen molar-refractivity contribution in [3.05, 3.63) is 56.5 Å². The molecule has 7 nitrogen and oxygen atoms in total. The normalized spacial score (nSPS) is 15.8. The molecule has 1 amide bonds. The largest absolute Gasteiger partial charge is 0.310 e. The molecule has 0 atom stereocenters. The van der Waals surface area contributed by atoms with E-state index in [1.165, 1.54) is 17.5 Å². The Bertz CT molecular complexity index is 1050. The molecule has 0 radical (unpaired) electrons. The molecule has 0 unspecified atom stereocenters. The maximum Gasteiger partial charge on any atom is 0.259 e. The predicted molar refractivity (Wildman–Crippen MR) is 110 cm³/mol. The van der Waals surface area contributed by atoms with E-state index in [2.05, 4.69) is 20.2 Å². The number of hydrogen-bond donors (Lipinski definition) is 1. The van der Waals surface area contributed by atoms with E-state index in [0.717, 1.165) is 42.3 Å². The van der Waals surface area contributed by atoms with Gasteiger partial charge >= 0.3 is 0 Å². The first-order valence-electron chi connectivity index (χ1n) is 9.11. The Hall–Kier alpha value is -2.29. The Morgan fingerprint density at radius 3 is 2.86 bits per heavy atom. The molecule has 0 saturated carbocycles. The minimum Gasteiger partial charge on any atom is -0.310 e. The van der Waals surface area contributed by atoms with Crippen molar-refractivity contribution in [3.63, 3.8) is 0 Å². The standard InChI is InChI=1S/C19H20ClN5O2S/c1-12-11-28-19-22-15(8-17(26)25(12)19)10-24-6-4-13(5-7-24)18(27)23-16-3-2-14(20)9-21-16/h2-3,8-9,11,13H,4-7,10H2,1H3,(H,21,23,27). The van der Waals surface area contributed by atoms with Crippen molar-refractivity contribution < 1.29 is 4.79 Å². The van der Waals surface area contributed by atoms with Crippen LogP contribution in [0.4, 0.5) is 5.82 Å². The summed E-state index contributed by atoms with van der Waals surface area (Å²) in [5, 5.41) is 5.33. The molecule has 3 aromatic heterocycles. The molecule has 1 aliphatic rings. The lowest BCUT2D eigenvalue weighted by Crippen LogP contribution is -2.38. The van der Waals surface area contributed by atoms with Gasteiger partial charge in [-0.1, -0.05) is 11.6 Å². The Morgan fingerprint density at radius 1 is 1.36 bits per heavy atom. The molecule has 28 heavy (non-hydrogen) atoms. The minimum atomic E-state index is -0.0465. The quantitative estimate of drug-likeness (QED) is 0.706. The third kappa shape index (κ3) is 4.09. The maximum atomic E-state index is 12.5. The fourth-order valence-electron chi connectivity index (χ4n) is 3.44. The predicted octanol–water partition coefficient (Wildman–Crippen LogP) is 2.96. The van der Waals surface area contributed by atoms with Crippen molar-refractivity contribution in [2.45, 2.75) is 26.3 Å². The Morgan fingerprint density at radius 2 is 2.14 bits per heavy atom. The van der Waals surface area contributed by atoms with Gasteiger partial charge in [-0.2, -0.15) is 0 Å². The van der Waals surface area contributed by atoms with Gasteiger partial charge in [-0.3, -0.25) is 18.9 Å². The lowest BCUT2D eigenvalue weighted by atomic mass is 9.96. The van der Waals surface area contributed by atoms with Crippen LogP contribution in [0.25, 0.3) is 4.96 Å². The highest BCUT2D eigenvalue weighted by molar-refractivity contribution is 7.15. The van der Waals surface area contributed by atoms with Crippen LogP contribution >= 0.6 is 22.9 Å². The average molecular weight is 418 g/mol. The van der Waals surface area contributed by atoms with E-state index in [4.69, 9.17) is 11.6 Å². The molecule has 4 rings (SSSR count). The summed E-state index contributed by atoms with van der Waals surface area (Å²) < 4.78 is 1.63. The summed E-state index contributed by atoms with van der Waals surface area (Å²) in [7, 11) is 0. The topological polar surface area (TPSA) is 79.6 Å². The summed E-state index contributed by atoms with van der Waals surface area (Å²) in [6.07, 6.45) is 3.04. The molecule has 9 heteroatoms. The summed E-state index contributed by atoms with van der Waals surface area (Å²) in [5.41, 5.74) is 1.65. The molecule has 4 heterocycles. The van der Waals surface area contributed by atoms with E-state index < -0.39 is 0 Å². The number of carbonyl (C=O) groups excluding carboxylic acids is 1. The van der Waals surface area contributed by atoms with Gasteiger partial charge in [-0.25, -0.2) is 9.97 Å². The number of fused-ring (bicyclic) bond motifs is 1. The Kier molecular flexibility index (Phi) is 5.43. The summed E-state index contributed by atoms with van der Waals surface area (Å²) in [5.74, 6) is 0.456. The summed E-state index contributed by atoms with van der Waals surface area (Å²) >= 11 is 7.29. The molecule has 1 aliphatic heterocycles. The second-order valence-electron chi connectivity index (χ2n) is 6.98. The first kappa shape index (κ1) is 19.0. The molecule has 0 spiro atoms. The van der Waals surface area contributed by atoms with Gasteiger partial charge in [-0.15, -0.1) is 11.3 Å². The van der Waals surface area contributed by atoms with Crippen molar-refractivity contribution >= 4 is 39.6 Å². The van der Waals surface area contributed by atoms with Crippen LogP contribution in [0.15, 0.2) is 34.6 Å². The molecule has 0 bridgehead atoms. The van der Waals surface area contributed by atoms with Gasteiger partial charge in [-0.05, 0) is 45.0 Å². The monoisotopic (exact) mass is 417 g/mol. The highest BCUT2D eigenvalue weighted by atomic mass is 35.5. The van der Waals surface area contributed by atoms with Crippen LogP contribution in [0.1, 0.15) is 24.2 Å². The number of thiazole rings is 1. The van der Waals surface area contributed by atoms with Crippen LogP contribution in [0, 0.1) is 12.8 Å². The Balaban J connectivity index is 1.34. The first-order chi connectivity index (χ1) is 13.5. The molecule has 1 saturated heterocycles. The highest BCUT2D eigenvalue weighted by Crippen LogP contribution is 2.21. The molecule has 1 N–H and O–H groups in total. The number of nitrogens with zero attached hydrogens (tertiary/aromatic N) is 4. The number of likely N-dealkylation sites (tertiary alicyclic amines) is 1. The van der Waals surface area contributed by atoms with E-state index in [-0.39, 0.29) is 17.4 Å². The molecular weight excluding hydrogens is 398 g/mol. The number of pyridine rings is 1. The minimum absolute atomic E-state index is 0.0127. The zero-order valence-corrected chi connectivity index (χ0v) is 17.0. The second kappa shape index (κ2) is 7.98. The van der Waals surface area contributed by atoms with Gasteiger partial charge in [0.15, 0.2) is 4.96 Å². The van der Waals surface area contributed by atoms with E-state index >= 15 is 0 Å². The van der Waals surface area contributed by atoms with Gasteiger partial charge < -0.3 is 5.32 Å². The third-order valence-corrected chi connectivity index (χ3v) is 6.12. The van der Waals surface area contributed by atoms with Crippen molar-refractivity contribution in [1.82, 2.24) is 19.3 Å². The molecule has 0 aromatic carbocycles. The lowest BCUT2D eigenvalue weighted by molar-refractivity contribution is -0.121. The first-order valence-corrected chi connectivity index (χ1v) is 10.4. The highest BCUT2D eigenvalue weighted by Gasteiger charge is 2.25. The van der Waals surface area contributed by atoms with Gasteiger partial charge in [0.2, 0.25) is 5.91 Å². The van der Waals surface area contributed by atoms with Crippen LogP contribution in [0.2, 0.25) is 5.02 Å². The van der Waals surface area contributed by atoms with Crippen molar-refractivity contribution in [1.29, 1.82) is 0 Å². The zero-order chi connectivity index (χ0) is 19.7. The summed E-state index contributed by atoms with van der Waals surface area (Å²) in [6.45, 7) is 4.10. The van der Waals surface area contributed by atoms with Crippen LogP contribution in [-0.4, -0.2) is 38.3 Å². The van der Waals surface area contributed by atoms with E-state index in [0.29, 0.717) is 17.4 Å². The molecule has 1 fully saturated rings. The molecular formula is C19H20ClN5O2S. The number of carbonyl (C=O) groups is 1. The second-order valence-corrected chi connectivity index (χ2v) is 8.26. The van der Waals surface area contributed by atoms with Crippen LogP contribution in [-0.2, 0) is 11.3 Å². The number of piperidine rings is 1. The number of rotatable bonds is 4. The van der Waals surface area contributed by atoms with Crippen LogP contribution in [0.5, 0.6) is 0 Å². The van der Waals surface area contributed by atoms with Crippen LogP contribution < -0.4 is 10.9 Å². The molecule has 0 aliphatic carbocycles. The Labute approximate surface area is 171 Å². The van der Waals surface area contributed by atoms with E-state index in [1.807, 2.05) is 12.3 Å². The fourth-order valence-corrected chi connectivity index (χ4v) is 4.44. The smallest absolute Gasteiger partial charge is 0.259 e. The van der Waals surface area contributed by atoms with Crippen molar-refractivity contribution in [3.8, 4) is 0 Å². The average Bonchev–Trinajstić information content (AvgIpc) is 3.05. The molecule has 3 aromatic rings. The summed E-state index contributed by atoms with van der Waals surface area (Å²) in [6, 6.07) is 5.01. The van der Waals surface area contributed by atoms with Gasteiger partial charge in [0.1, 0.15) is 5.82 Å². The summed E-state index contributed by atoms with van der Waals surface area (Å²) in [4.78, 5) is 36.4. The number of aromatic nitrogens is 3. The number of nitrogens with one attached hydrogen (secondary N) is 1. The van der Waals surface area contributed by atoms with Crippen LogP contribution in [0.3, 0.4) is 0 Å². The fraction of sp³-hybridized carbons (Fsp3) is 0.368. The lowest BCUT2D eigenvalue weighted by Gasteiger charge is -2.30.